The largest absolute Gasteiger partial charge is 0.494 e. The Labute approximate surface area is 168 Å². The Bertz CT molecular complexity index is 846. The standard InChI is InChI=1S/C22H25F3N2O2/c1-2-13-29-18-8-6-7-16(14-18)21(28)26-19-15-17(22(23,24)25)9-10-20(19)27-11-4-3-5-12-27/h6-10,14-15H,2-5,11-13H2,1H3,(H,26,28). The second-order valence-electron chi connectivity index (χ2n) is 7.11. The van der Waals surface area contributed by atoms with E-state index in [2.05, 4.69) is 5.32 Å². The van der Waals surface area contributed by atoms with E-state index in [4.69, 9.17) is 4.74 Å². The minimum Gasteiger partial charge on any atom is -0.494 e. The van der Waals surface area contributed by atoms with E-state index in [0.717, 1.165) is 50.9 Å². The first-order valence-electron chi connectivity index (χ1n) is 9.89. The van der Waals surface area contributed by atoms with Crippen LogP contribution in [-0.4, -0.2) is 25.6 Å². The number of hydrogen-bond donors (Lipinski definition) is 1. The van der Waals surface area contributed by atoms with Crippen LogP contribution in [0.5, 0.6) is 5.75 Å². The van der Waals surface area contributed by atoms with E-state index in [1.165, 1.54) is 6.07 Å². The first-order chi connectivity index (χ1) is 13.9. The van der Waals surface area contributed by atoms with Crippen molar-refractivity contribution in [2.45, 2.75) is 38.8 Å². The summed E-state index contributed by atoms with van der Waals surface area (Å²) in [4.78, 5) is 14.8. The van der Waals surface area contributed by atoms with E-state index < -0.39 is 17.6 Å². The quantitative estimate of drug-likeness (QED) is 0.665. The van der Waals surface area contributed by atoms with Crippen molar-refractivity contribution in [2.75, 3.05) is 29.9 Å². The number of nitrogens with zero attached hydrogens (tertiary/aromatic N) is 1. The third-order valence-electron chi connectivity index (χ3n) is 4.84. The minimum absolute atomic E-state index is 0.173. The van der Waals surface area contributed by atoms with Crippen LogP contribution in [0.2, 0.25) is 0 Å². The van der Waals surface area contributed by atoms with Crippen LogP contribution < -0.4 is 15.0 Å². The van der Waals surface area contributed by atoms with Gasteiger partial charge in [0, 0.05) is 18.7 Å². The third-order valence-corrected chi connectivity index (χ3v) is 4.84. The van der Waals surface area contributed by atoms with E-state index in [0.29, 0.717) is 23.6 Å². The summed E-state index contributed by atoms with van der Waals surface area (Å²) in [6, 6.07) is 10.2. The molecule has 0 atom stereocenters. The van der Waals surface area contributed by atoms with Gasteiger partial charge in [0.15, 0.2) is 0 Å². The predicted octanol–water partition coefficient (Wildman–Crippen LogP) is 5.74. The summed E-state index contributed by atoms with van der Waals surface area (Å²) in [6.07, 6.45) is -0.590. The highest BCUT2D eigenvalue weighted by molar-refractivity contribution is 6.06. The fraction of sp³-hybridized carbons (Fsp3) is 0.409. The summed E-state index contributed by atoms with van der Waals surface area (Å²) >= 11 is 0. The molecule has 1 aliphatic rings. The lowest BCUT2D eigenvalue weighted by molar-refractivity contribution is -0.137. The van der Waals surface area contributed by atoms with Crippen molar-refractivity contribution in [2.24, 2.45) is 0 Å². The number of carbonyl (C=O) groups is 1. The van der Waals surface area contributed by atoms with Gasteiger partial charge in [-0.05, 0) is 62.1 Å². The summed E-state index contributed by atoms with van der Waals surface area (Å²) in [6.45, 7) is 4.02. The maximum absolute atomic E-state index is 13.2. The van der Waals surface area contributed by atoms with E-state index in [1.54, 1.807) is 24.3 Å². The fourth-order valence-electron chi connectivity index (χ4n) is 3.36. The molecule has 156 valence electrons. The maximum atomic E-state index is 13.2. The molecular weight excluding hydrogens is 381 g/mol. The molecule has 1 aliphatic heterocycles. The van der Waals surface area contributed by atoms with Gasteiger partial charge in [-0.2, -0.15) is 13.2 Å². The van der Waals surface area contributed by atoms with Crippen LogP contribution in [0, 0.1) is 0 Å². The van der Waals surface area contributed by atoms with Gasteiger partial charge in [-0.15, -0.1) is 0 Å². The summed E-state index contributed by atoms with van der Waals surface area (Å²) < 4.78 is 45.2. The zero-order valence-electron chi connectivity index (χ0n) is 16.4. The smallest absolute Gasteiger partial charge is 0.416 e. The van der Waals surface area contributed by atoms with Crippen LogP contribution in [0.1, 0.15) is 48.5 Å². The Balaban J connectivity index is 1.88. The van der Waals surface area contributed by atoms with Gasteiger partial charge in [0.25, 0.3) is 5.91 Å². The van der Waals surface area contributed by atoms with Crippen LogP contribution in [0.4, 0.5) is 24.5 Å². The Morgan fingerprint density at radius 1 is 1.10 bits per heavy atom. The van der Waals surface area contributed by atoms with Crippen LogP contribution in [0.25, 0.3) is 0 Å². The van der Waals surface area contributed by atoms with E-state index in [9.17, 15) is 18.0 Å². The van der Waals surface area contributed by atoms with Gasteiger partial charge in [0.1, 0.15) is 5.75 Å². The Morgan fingerprint density at radius 2 is 1.86 bits per heavy atom. The second-order valence-corrected chi connectivity index (χ2v) is 7.11. The van der Waals surface area contributed by atoms with Crippen LogP contribution >= 0.6 is 0 Å². The molecule has 1 N–H and O–H groups in total. The SMILES string of the molecule is CCCOc1cccc(C(=O)Nc2cc(C(F)(F)F)ccc2N2CCCCC2)c1. The van der Waals surface area contributed by atoms with Gasteiger partial charge < -0.3 is 15.0 Å². The molecule has 0 aromatic heterocycles. The molecule has 29 heavy (non-hydrogen) atoms. The first kappa shape index (κ1) is 21.0. The van der Waals surface area contributed by atoms with Crippen molar-refractivity contribution in [1.29, 1.82) is 0 Å². The van der Waals surface area contributed by atoms with Crippen molar-refractivity contribution < 1.29 is 22.7 Å². The van der Waals surface area contributed by atoms with Gasteiger partial charge in [-0.3, -0.25) is 4.79 Å². The fourth-order valence-corrected chi connectivity index (χ4v) is 3.36. The van der Waals surface area contributed by atoms with Crippen molar-refractivity contribution in [3.63, 3.8) is 0 Å². The molecule has 0 saturated carbocycles. The van der Waals surface area contributed by atoms with Crippen LogP contribution in [-0.2, 0) is 6.18 Å². The lowest BCUT2D eigenvalue weighted by atomic mass is 10.1. The molecule has 3 rings (SSSR count). The molecule has 1 amide bonds. The number of piperidine rings is 1. The summed E-state index contributed by atoms with van der Waals surface area (Å²) in [5.74, 6) is 0.0873. The van der Waals surface area contributed by atoms with Crippen molar-refractivity contribution in [3.05, 3.63) is 53.6 Å². The van der Waals surface area contributed by atoms with Gasteiger partial charge in [-0.1, -0.05) is 13.0 Å². The molecule has 0 spiro atoms. The molecule has 1 heterocycles. The summed E-state index contributed by atoms with van der Waals surface area (Å²) in [5, 5.41) is 2.68. The highest BCUT2D eigenvalue weighted by Crippen LogP contribution is 2.36. The normalized spacial score (nSPS) is 14.6. The average molecular weight is 406 g/mol. The lowest BCUT2D eigenvalue weighted by Gasteiger charge is -2.31. The van der Waals surface area contributed by atoms with Gasteiger partial charge in [0.05, 0.1) is 23.5 Å². The molecule has 4 nitrogen and oxygen atoms in total. The topological polar surface area (TPSA) is 41.6 Å². The van der Waals surface area contributed by atoms with Crippen molar-refractivity contribution in [3.8, 4) is 5.75 Å². The summed E-state index contributed by atoms with van der Waals surface area (Å²) in [5.41, 5.74) is 0.338. The number of nitrogens with one attached hydrogen (secondary N) is 1. The van der Waals surface area contributed by atoms with E-state index >= 15 is 0 Å². The van der Waals surface area contributed by atoms with Gasteiger partial charge in [-0.25, -0.2) is 0 Å². The second kappa shape index (κ2) is 9.20. The lowest BCUT2D eigenvalue weighted by Crippen LogP contribution is -2.30. The van der Waals surface area contributed by atoms with Crippen LogP contribution in [0.15, 0.2) is 42.5 Å². The van der Waals surface area contributed by atoms with Crippen LogP contribution in [0.3, 0.4) is 0 Å². The Hall–Kier alpha value is -2.70. The number of rotatable bonds is 6. The molecule has 1 fully saturated rings. The molecule has 0 aliphatic carbocycles. The number of carbonyl (C=O) groups excluding carboxylic acids is 1. The Morgan fingerprint density at radius 3 is 2.55 bits per heavy atom. The summed E-state index contributed by atoms with van der Waals surface area (Å²) in [7, 11) is 0. The van der Waals surface area contributed by atoms with Crippen molar-refractivity contribution in [1.82, 2.24) is 0 Å². The maximum Gasteiger partial charge on any atom is 0.416 e. The molecular formula is C22H25F3N2O2. The molecule has 7 heteroatoms. The predicted molar refractivity (Wildman–Crippen MR) is 108 cm³/mol. The number of hydrogen-bond acceptors (Lipinski definition) is 3. The zero-order valence-corrected chi connectivity index (χ0v) is 16.4. The number of amides is 1. The highest BCUT2D eigenvalue weighted by atomic mass is 19.4. The number of alkyl halides is 3. The number of ether oxygens (including phenoxy) is 1. The van der Waals surface area contributed by atoms with E-state index in [-0.39, 0.29) is 5.69 Å². The number of anilines is 2. The zero-order chi connectivity index (χ0) is 20.9. The average Bonchev–Trinajstić information content (AvgIpc) is 2.72. The van der Waals surface area contributed by atoms with Crippen molar-refractivity contribution >= 4 is 17.3 Å². The number of halogens is 3. The molecule has 2 aromatic carbocycles. The highest BCUT2D eigenvalue weighted by Gasteiger charge is 2.32. The molecule has 0 bridgehead atoms. The van der Waals surface area contributed by atoms with Gasteiger partial charge in [0.2, 0.25) is 0 Å². The first-order valence-corrected chi connectivity index (χ1v) is 9.89. The van der Waals surface area contributed by atoms with E-state index in [1.807, 2.05) is 11.8 Å². The monoisotopic (exact) mass is 406 g/mol. The molecule has 0 radical (unpaired) electrons. The Kier molecular flexibility index (Phi) is 6.67. The van der Waals surface area contributed by atoms with Gasteiger partial charge >= 0.3 is 6.18 Å². The molecule has 2 aromatic rings. The molecule has 1 saturated heterocycles. The number of benzene rings is 2. The minimum atomic E-state index is -4.48. The molecule has 0 unspecified atom stereocenters. The third kappa shape index (κ3) is 5.43.